The Labute approximate surface area is 268 Å². The molecule has 1 aliphatic carbocycles. The molecule has 0 bridgehead atoms. The monoisotopic (exact) mass is 643 g/mol. The number of piperazine rings is 1. The Morgan fingerprint density at radius 3 is 2.26 bits per heavy atom. The summed E-state index contributed by atoms with van der Waals surface area (Å²) >= 11 is 0. The first-order valence-electron chi connectivity index (χ1n) is 16.2. The van der Waals surface area contributed by atoms with Crippen molar-refractivity contribution in [2.45, 2.75) is 62.9 Å². The summed E-state index contributed by atoms with van der Waals surface area (Å²) in [6, 6.07) is 12.3. The molecule has 5 rings (SSSR count). The van der Waals surface area contributed by atoms with Crippen molar-refractivity contribution < 1.29 is 32.3 Å². The predicted molar refractivity (Wildman–Crippen MR) is 168 cm³/mol. The van der Waals surface area contributed by atoms with Gasteiger partial charge in [-0.05, 0) is 81.5 Å². The molecule has 2 N–H and O–H groups in total. The average molecular weight is 644 g/mol. The van der Waals surface area contributed by atoms with Crippen molar-refractivity contribution in [1.29, 1.82) is 0 Å². The molecule has 0 spiro atoms. The zero-order valence-corrected chi connectivity index (χ0v) is 26.5. The van der Waals surface area contributed by atoms with Crippen LogP contribution >= 0.6 is 0 Å². The topological polar surface area (TPSA) is 94.2 Å². The van der Waals surface area contributed by atoms with Crippen LogP contribution < -0.4 is 10.6 Å². The summed E-state index contributed by atoms with van der Waals surface area (Å²) in [6.45, 7) is 6.67. The first-order chi connectivity index (χ1) is 22.0. The van der Waals surface area contributed by atoms with Gasteiger partial charge >= 0.3 is 6.18 Å². The van der Waals surface area contributed by atoms with E-state index in [-0.39, 0.29) is 30.2 Å². The molecule has 1 saturated carbocycles. The third-order valence-corrected chi connectivity index (χ3v) is 9.52. The SMILES string of the molecule is CCO[C@H]1CN(C2CCC(c3ccc(C(=O)N4CCN(C)CC4)cc3)CC2)C[C@@H]1NC(=O)CNC(=O)c1cccc(C(F)(F)F)c1. The van der Waals surface area contributed by atoms with Crippen molar-refractivity contribution in [2.24, 2.45) is 0 Å². The van der Waals surface area contributed by atoms with Crippen molar-refractivity contribution >= 4 is 17.7 Å². The smallest absolute Gasteiger partial charge is 0.375 e. The van der Waals surface area contributed by atoms with Gasteiger partial charge in [-0.3, -0.25) is 19.3 Å². The largest absolute Gasteiger partial charge is 0.416 e. The summed E-state index contributed by atoms with van der Waals surface area (Å²) in [7, 11) is 2.07. The highest BCUT2D eigenvalue weighted by atomic mass is 19.4. The van der Waals surface area contributed by atoms with Gasteiger partial charge in [-0.2, -0.15) is 13.2 Å². The highest BCUT2D eigenvalue weighted by molar-refractivity contribution is 5.96. The second kappa shape index (κ2) is 15.0. The van der Waals surface area contributed by atoms with Gasteiger partial charge in [0.1, 0.15) is 0 Å². The number of hydrogen-bond donors (Lipinski definition) is 2. The van der Waals surface area contributed by atoms with Gasteiger partial charge < -0.3 is 25.2 Å². The molecular weight excluding hydrogens is 599 g/mol. The quantitative estimate of drug-likeness (QED) is 0.433. The van der Waals surface area contributed by atoms with Gasteiger partial charge in [0.05, 0.1) is 24.3 Å². The molecular formula is C34H44F3N5O4. The van der Waals surface area contributed by atoms with Crippen LogP contribution in [0.4, 0.5) is 13.2 Å². The van der Waals surface area contributed by atoms with Gasteiger partial charge in [0.25, 0.3) is 11.8 Å². The van der Waals surface area contributed by atoms with E-state index in [1.165, 1.54) is 17.7 Å². The van der Waals surface area contributed by atoms with E-state index >= 15 is 0 Å². The van der Waals surface area contributed by atoms with Crippen LogP contribution in [0.2, 0.25) is 0 Å². The number of likely N-dealkylation sites (N-methyl/N-ethyl adjacent to an activating group) is 1. The number of carbonyl (C=O) groups is 3. The van der Waals surface area contributed by atoms with Gasteiger partial charge in [-0.1, -0.05) is 18.2 Å². The normalized spacial score (nSPS) is 24.5. The van der Waals surface area contributed by atoms with Gasteiger partial charge in [0, 0.05) is 63.0 Å². The van der Waals surface area contributed by atoms with Gasteiger partial charge in [0.15, 0.2) is 0 Å². The average Bonchev–Trinajstić information content (AvgIpc) is 3.45. The molecule has 3 amide bonds. The lowest BCUT2D eigenvalue weighted by Gasteiger charge is -2.35. The predicted octanol–water partition coefficient (Wildman–Crippen LogP) is 3.75. The molecule has 2 aromatic rings. The minimum absolute atomic E-state index is 0.0981. The Balaban J connectivity index is 1.09. The number of amides is 3. The second-order valence-electron chi connectivity index (χ2n) is 12.6. The van der Waals surface area contributed by atoms with Gasteiger partial charge in [-0.15, -0.1) is 0 Å². The summed E-state index contributed by atoms with van der Waals surface area (Å²) in [4.78, 5) is 44.7. The minimum atomic E-state index is -4.56. The molecule has 46 heavy (non-hydrogen) atoms. The lowest BCUT2D eigenvalue weighted by Crippen LogP contribution is -2.48. The lowest BCUT2D eigenvalue weighted by atomic mass is 9.81. The van der Waals surface area contributed by atoms with Crippen LogP contribution in [0.1, 0.15) is 70.4 Å². The van der Waals surface area contributed by atoms with Crippen LogP contribution in [0.25, 0.3) is 0 Å². The number of nitrogens with zero attached hydrogens (tertiary/aromatic N) is 3. The summed E-state index contributed by atoms with van der Waals surface area (Å²) in [5, 5.41) is 5.39. The highest BCUT2D eigenvalue weighted by Gasteiger charge is 2.39. The van der Waals surface area contributed by atoms with Crippen LogP contribution in [0.5, 0.6) is 0 Å². The first kappa shape index (κ1) is 33.9. The zero-order valence-electron chi connectivity index (χ0n) is 26.5. The third kappa shape index (κ3) is 8.45. The van der Waals surface area contributed by atoms with Crippen LogP contribution in [0, 0.1) is 0 Å². The van der Waals surface area contributed by atoms with Crippen LogP contribution in [0.15, 0.2) is 48.5 Å². The summed E-state index contributed by atoms with van der Waals surface area (Å²) in [5.74, 6) is -0.634. The zero-order chi connectivity index (χ0) is 32.8. The van der Waals surface area contributed by atoms with E-state index < -0.39 is 23.6 Å². The van der Waals surface area contributed by atoms with Crippen molar-refractivity contribution in [3.05, 3.63) is 70.8 Å². The van der Waals surface area contributed by atoms with Crippen molar-refractivity contribution in [3.63, 3.8) is 0 Å². The maximum atomic E-state index is 13.0. The van der Waals surface area contributed by atoms with Crippen molar-refractivity contribution in [1.82, 2.24) is 25.3 Å². The molecule has 2 saturated heterocycles. The molecule has 250 valence electrons. The Bertz CT molecular complexity index is 1360. The molecule has 2 aromatic carbocycles. The fraction of sp³-hybridized carbons (Fsp3) is 0.559. The third-order valence-electron chi connectivity index (χ3n) is 9.52. The number of alkyl halides is 3. The lowest BCUT2D eigenvalue weighted by molar-refractivity contribution is -0.137. The van der Waals surface area contributed by atoms with Crippen molar-refractivity contribution in [2.75, 3.05) is 59.5 Å². The summed E-state index contributed by atoms with van der Waals surface area (Å²) in [5.41, 5.74) is 0.923. The Kier molecular flexibility index (Phi) is 11.0. The molecule has 2 atom stereocenters. The van der Waals surface area contributed by atoms with E-state index in [9.17, 15) is 27.6 Å². The molecule has 12 heteroatoms. The van der Waals surface area contributed by atoms with Gasteiger partial charge in [-0.25, -0.2) is 0 Å². The molecule has 3 fully saturated rings. The highest BCUT2D eigenvalue weighted by Crippen LogP contribution is 2.36. The molecule has 0 radical (unpaired) electrons. The molecule has 3 aliphatic rings. The number of rotatable bonds is 9. The van der Waals surface area contributed by atoms with Crippen molar-refractivity contribution in [3.8, 4) is 0 Å². The summed E-state index contributed by atoms with van der Waals surface area (Å²) in [6.07, 6.45) is -0.669. The van der Waals surface area contributed by atoms with E-state index in [1.807, 2.05) is 24.0 Å². The first-order valence-corrected chi connectivity index (χ1v) is 16.2. The van der Waals surface area contributed by atoms with Gasteiger partial charge in [0.2, 0.25) is 5.91 Å². The molecule has 9 nitrogen and oxygen atoms in total. The number of ether oxygens (including phenoxy) is 1. The number of hydrogen-bond acceptors (Lipinski definition) is 6. The fourth-order valence-corrected chi connectivity index (χ4v) is 6.84. The molecule has 0 unspecified atom stereocenters. The van der Waals surface area contributed by atoms with E-state index in [2.05, 4.69) is 39.6 Å². The number of benzene rings is 2. The summed E-state index contributed by atoms with van der Waals surface area (Å²) < 4.78 is 45.0. The van der Waals surface area contributed by atoms with E-state index in [0.717, 1.165) is 69.6 Å². The van der Waals surface area contributed by atoms with E-state index in [1.54, 1.807) is 0 Å². The molecule has 2 heterocycles. The number of carbonyl (C=O) groups excluding carboxylic acids is 3. The number of likely N-dealkylation sites (tertiary alicyclic amines) is 1. The standard InChI is InChI=1S/C34H44F3N5O4/c1-3-46-30-22-42(21-29(30)39-31(43)20-38-32(44)26-5-4-6-27(19-26)34(35,36)37)28-13-11-24(12-14-28)23-7-9-25(10-8-23)33(45)41-17-15-40(2)16-18-41/h4-10,19,24,28-30H,3,11-18,20-22H2,1-2H3,(H,38,44)(H,39,43)/t24?,28?,29-,30-/m0/s1. The molecule has 0 aromatic heterocycles. The number of nitrogens with one attached hydrogen (secondary N) is 2. The second-order valence-corrected chi connectivity index (χ2v) is 12.6. The Morgan fingerprint density at radius 2 is 1.61 bits per heavy atom. The maximum absolute atomic E-state index is 13.0. The maximum Gasteiger partial charge on any atom is 0.416 e. The minimum Gasteiger partial charge on any atom is -0.375 e. The molecule has 2 aliphatic heterocycles. The Hall–Kier alpha value is -3.48. The van der Waals surface area contributed by atoms with E-state index in [4.69, 9.17) is 4.74 Å². The fourth-order valence-electron chi connectivity index (χ4n) is 6.84. The Morgan fingerprint density at radius 1 is 0.913 bits per heavy atom. The van der Waals surface area contributed by atoms with Crippen LogP contribution in [-0.2, 0) is 15.7 Å². The van der Waals surface area contributed by atoms with Crippen LogP contribution in [-0.4, -0.2) is 110 Å². The number of halogens is 3. The van der Waals surface area contributed by atoms with E-state index in [0.29, 0.717) is 31.7 Å². The van der Waals surface area contributed by atoms with Crippen LogP contribution in [0.3, 0.4) is 0 Å².